The molecule has 0 bridgehead atoms. The van der Waals surface area contributed by atoms with E-state index in [4.69, 9.17) is 9.15 Å². The summed E-state index contributed by atoms with van der Waals surface area (Å²) in [6.07, 6.45) is 4.24. The predicted octanol–water partition coefficient (Wildman–Crippen LogP) is 5.08. The average molecular weight is 377 g/mol. The monoisotopic (exact) mass is 377 g/mol. The summed E-state index contributed by atoms with van der Waals surface area (Å²) in [5, 5.41) is 3.03. The largest absolute Gasteiger partial charge is 0.497 e. The molecule has 5 rings (SSSR count). The molecule has 2 heterocycles. The summed E-state index contributed by atoms with van der Waals surface area (Å²) in [5.41, 5.74) is 3.42. The van der Waals surface area contributed by atoms with Crippen molar-refractivity contribution in [3.63, 3.8) is 0 Å². The summed E-state index contributed by atoms with van der Waals surface area (Å²) in [7, 11) is 1.66. The molecular formula is C22H23N3O3. The second-order valence-electron chi connectivity index (χ2n) is 7.57. The third kappa shape index (κ3) is 3.19. The number of hydrogen-bond acceptors (Lipinski definition) is 4. The highest BCUT2D eigenvalue weighted by atomic mass is 16.5. The molecule has 1 aromatic heterocycles. The maximum absolute atomic E-state index is 13.0. The Labute approximate surface area is 163 Å². The zero-order valence-corrected chi connectivity index (χ0v) is 15.9. The highest BCUT2D eigenvalue weighted by Gasteiger charge is 2.31. The van der Waals surface area contributed by atoms with Crippen LogP contribution in [0.1, 0.15) is 49.1 Å². The van der Waals surface area contributed by atoms with Gasteiger partial charge in [0.1, 0.15) is 11.3 Å². The van der Waals surface area contributed by atoms with Gasteiger partial charge < -0.3 is 19.4 Å². The minimum Gasteiger partial charge on any atom is -0.497 e. The van der Waals surface area contributed by atoms with Crippen LogP contribution in [0.15, 0.2) is 46.9 Å². The molecule has 1 aliphatic carbocycles. The third-order valence-corrected chi connectivity index (χ3v) is 5.57. The highest BCUT2D eigenvalue weighted by molar-refractivity contribution is 5.92. The number of aromatic nitrogens is 1. The molecule has 1 saturated heterocycles. The minimum absolute atomic E-state index is 0.0624. The van der Waals surface area contributed by atoms with Crippen molar-refractivity contribution >= 4 is 22.8 Å². The molecule has 6 nitrogen and oxygen atoms in total. The van der Waals surface area contributed by atoms with E-state index in [0.29, 0.717) is 5.92 Å². The number of rotatable bonds is 4. The van der Waals surface area contributed by atoms with Crippen molar-refractivity contribution in [2.75, 3.05) is 19.0 Å². The van der Waals surface area contributed by atoms with Crippen LogP contribution in [0.4, 0.5) is 10.5 Å². The first-order valence-corrected chi connectivity index (χ1v) is 9.83. The van der Waals surface area contributed by atoms with Crippen LogP contribution in [-0.4, -0.2) is 29.6 Å². The standard InChI is InChI=1S/C22H23N3O3/c1-27-17-5-2-4-15(12-17)19-6-3-11-25(19)22(26)23-16-9-10-20-18(13-16)24-21(28-20)14-7-8-14/h2,4-5,9-10,12-14,19H,3,6-8,11H2,1H3,(H,23,26). The van der Waals surface area contributed by atoms with Gasteiger partial charge in [-0.15, -0.1) is 0 Å². The number of carbonyl (C=O) groups is 1. The number of nitrogens with one attached hydrogen (secondary N) is 1. The molecule has 2 aromatic carbocycles. The molecule has 0 radical (unpaired) electrons. The molecule has 2 fully saturated rings. The van der Waals surface area contributed by atoms with Gasteiger partial charge in [0.05, 0.1) is 13.2 Å². The third-order valence-electron chi connectivity index (χ3n) is 5.57. The fourth-order valence-electron chi connectivity index (χ4n) is 3.93. The maximum Gasteiger partial charge on any atom is 0.322 e. The molecule has 144 valence electrons. The first-order valence-electron chi connectivity index (χ1n) is 9.83. The molecule has 0 spiro atoms. The summed E-state index contributed by atoms with van der Waals surface area (Å²) in [5.74, 6) is 2.10. The van der Waals surface area contributed by atoms with Crippen molar-refractivity contribution in [1.29, 1.82) is 0 Å². The molecular weight excluding hydrogens is 354 g/mol. The Morgan fingerprint density at radius 2 is 2.11 bits per heavy atom. The summed E-state index contributed by atoms with van der Waals surface area (Å²) < 4.78 is 11.1. The predicted molar refractivity (Wildman–Crippen MR) is 107 cm³/mol. The van der Waals surface area contributed by atoms with E-state index >= 15 is 0 Å². The molecule has 1 aliphatic heterocycles. The van der Waals surface area contributed by atoms with Gasteiger partial charge in [-0.2, -0.15) is 0 Å². The lowest BCUT2D eigenvalue weighted by molar-refractivity contribution is 0.207. The Kier molecular flexibility index (Phi) is 4.19. The van der Waals surface area contributed by atoms with Gasteiger partial charge >= 0.3 is 6.03 Å². The van der Waals surface area contributed by atoms with E-state index < -0.39 is 0 Å². The lowest BCUT2D eigenvalue weighted by Crippen LogP contribution is -2.34. The number of nitrogens with zero attached hydrogens (tertiary/aromatic N) is 2. The lowest BCUT2D eigenvalue weighted by atomic mass is 10.0. The highest BCUT2D eigenvalue weighted by Crippen LogP contribution is 2.41. The molecule has 1 unspecified atom stereocenters. The van der Waals surface area contributed by atoms with Crippen LogP contribution >= 0.6 is 0 Å². The molecule has 1 N–H and O–H groups in total. The van der Waals surface area contributed by atoms with Gasteiger partial charge in [0.15, 0.2) is 11.5 Å². The van der Waals surface area contributed by atoms with Gasteiger partial charge in [0.25, 0.3) is 0 Å². The number of ether oxygens (including phenoxy) is 1. The topological polar surface area (TPSA) is 67.6 Å². The SMILES string of the molecule is COc1cccc(C2CCCN2C(=O)Nc2ccc3oc(C4CC4)nc3c2)c1. The van der Waals surface area contributed by atoms with Gasteiger partial charge in [-0.05, 0) is 61.6 Å². The van der Waals surface area contributed by atoms with Gasteiger partial charge in [0, 0.05) is 18.2 Å². The molecule has 28 heavy (non-hydrogen) atoms. The number of benzene rings is 2. The van der Waals surface area contributed by atoms with E-state index in [1.807, 2.05) is 41.3 Å². The van der Waals surface area contributed by atoms with Crippen molar-refractivity contribution < 1.29 is 13.9 Å². The molecule has 1 saturated carbocycles. The van der Waals surface area contributed by atoms with Crippen molar-refractivity contribution in [1.82, 2.24) is 9.88 Å². The van der Waals surface area contributed by atoms with Crippen molar-refractivity contribution in [3.05, 3.63) is 53.9 Å². The van der Waals surface area contributed by atoms with E-state index in [1.54, 1.807) is 7.11 Å². The number of urea groups is 1. The van der Waals surface area contributed by atoms with Crippen LogP contribution in [0.2, 0.25) is 0 Å². The molecule has 3 aromatic rings. The van der Waals surface area contributed by atoms with Crippen LogP contribution in [0, 0.1) is 0 Å². The average Bonchev–Trinajstić information content (AvgIpc) is 3.29. The second-order valence-corrected chi connectivity index (χ2v) is 7.57. The van der Waals surface area contributed by atoms with Crippen molar-refractivity contribution in [2.45, 2.75) is 37.6 Å². The quantitative estimate of drug-likeness (QED) is 0.688. The Morgan fingerprint density at radius 3 is 2.93 bits per heavy atom. The van der Waals surface area contributed by atoms with E-state index in [-0.39, 0.29) is 12.1 Å². The summed E-state index contributed by atoms with van der Waals surface area (Å²) in [6.45, 7) is 0.742. The van der Waals surface area contributed by atoms with Crippen LogP contribution in [0.25, 0.3) is 11.1 Å². The molecule has 2 aliphatic rings. The molecule has 2 amide bonds. The van der Waals surface area contributed by atoms with E-state index in [2.05, 4.69) is 16.4 Å². The summed E-state index contributed by atoms with van der Waals surface area (Å²) in [6, 6.07) is 13.6. The summed E-state index contributed by atoms with van der Waals surface area (Å²) in [4.78, 5) is 19.4. The van der Waals surface area contributed by atoms with Crippen molar-refractivity contribution in [2.24, 2.45) is 0 Å². The number of fused-ring (bicyclic) bond motifs is 1. The Balaban J connectivity index is 1.34. The van der Waals surface area contributed by atoms with E-state index in [1.165, 1.54) is 0 Å². The van der Waals surface area contributed by atoms with Gasteiger partial charge in [-0.3, -0.25) is 0 Å². The Bertz CT molecular complexity index is 1020. The van der Waals surface area contributed by atoms with Gasteiger partial charge in [-0.1, -0.05) is 12.1 Å². The van der Waals surface area contributed by atoms with Crippen LogP contribution in [0.5, 0.6) is 5.75 Å². The Morgan fingerprint density at radius 1 is 1.21 bits per heavy atom. The fourth-order valence-corrected chi connectivity index (χ4v) is 3.93. The van der Waals surface area contributed by atoms with E-state index in [0.717, 1.165) is 66.2 Å². The van der Waals surface area contributed by atoms with Gasteiger partial charge in [0.2, 0.25) is 0 Å². The first-order chi connectivity index (χ1) is 13.7. The first kappa shape index (κ1) is 17.1. The molecule has 1 atom stereocenters. The number of methoxy groups -OCH3 is 1. The smallest absolute Gasteiger partial charge is 0.322 e. The number of carbonyl (C=O) groups excluding carboxylic acids is 1. The van der Waals surface area contributed by atoms with Gasteiger partial charge in [-0.25, -0.2) is 9.78 Å². The van der Waals surface area contributed by atoms with Crippen LogP contribution in [-0.2, 0) is 0 Å². The van der Waals surface area contributed by atoms with E-state index in [9.17, 15) is 4.79 Å². The number of amides is 2. The maximum atomic E-state index is 13.0. The zero-order valence-electron chi connectivity index (χ0n) is 15.9. The number of anilines is 1. The number of oxazole rings is 1. The second kappa shape index (κ2) is 6.86. The summed E-state index contributed by atoms with van der Waals surface area (Å²) >= 11 is 0. The lowest BCUT2D eigenvalue weighted by Gasteiger charge is -2.25. The molecule has 6 heteroatoms. The Hall–Kier alpha value is -3.02. The fraction of sp³-hybridized carbons (Fsp3) is 0.364. The normalized spacial score (nSPS) is 19.2. The minimum atomic E-state index is -0.0874. The zero-order chi connectivity index (χ0) is 19.1. The number of hydrogen-bond donors (Lipinski definition) is 1. The van der Waals surface area contributed by atoms with Crippen LogP contribution < -0.4 is 10.1 Å². The number of likely N-dealkylation sites (tertiary alicyclic amines) is 1. The van der Waals surface area contributed by atoms with Crippen molar-refractivity contribution in [3.8, 4) is 5.75 Å². The van der Waals surface area contributed by atoms with Crippen LogP contribution in [0.3, 0.4) is 0 Å².